The van der Waals surface area contributed by atoms with Crippen molar-refractivity contribution in [3.05, 3.63) is 47.9 Å². The summed E-state index contributed by atoms with van der Waals surface area (Å²) in [5, 5.41) is 0. The molecule has 9 nitrogen and oxygen atoms in total. The Hall–Kier alpha value is -1.55. The van der Waals surface area contributed by atoms with Crippen molar-refractivity contribution in [1.82, 2.24) is 0 Å². The molecule has 0 saturated carbocycles. The molecule has 0 unspecified atom stereocenters. The van der Waals surface area contributed by atoms with Crippen molar-refractivity contribution >= 4 is 0 Å². The van der Waals surface area contributed by atoms with Gasteiger partial charge in [0.25, 0.3) is 0 Å². The Kier molecular flexibility index (Phi) is 349. The van der Waals surface area contributed by atoms with Crippen molar-refractivity contribution in [2.75, 3.05) is 0 Å². The van der Waals surface area contributed by atoms with E-state index in [-0.39, 0.29) is 17.1 Å². The first kappa shape index (κ1) is 23.7. The van der Waals surface area contributed by atoms with Crippen LogP contribution >= 0.6 is 0 Å². The van der Waals surface area contributed by atoms with Crippen LogP contribution in [0.25, 0.3) is 47.9 Å². The summed E-state index contributed by atoms with van der Waals surface area (Å²) in [6.07, 6.45) is 0. The van der Waals surface area contributed by atoms with E-state index in [1.165, 1.54) is 14.7 Å². The van der Waals surface area contributed by atoms with E-state index in [0.717, 1.165) is 0 Å². The average molecular weight is 182 g/mol. The van der Waals surface area contributed by atoms with Crippen LogP contribution in [0.15, 0.2) is 0 Å². The number of nitrogens with zero attached hydrogens (tertiary/aromatic N) is 9. The third-order valence-corrected chi connectivity index (χ3v) is 0. The molecule has 0 aromatic carbocycles. The van der Waals surface area contributed by atoms with Crippen molar-refractivity contribution in [3.63, 3.8) is 0 Å². The van der Waals surface area contributed by atoms with E-state index in [2.05, 4.69) is 0 Å². The number of hydrogen-bond acceptors (Lipinski definition) is 0. The van der Waals surface area contributed by atoms with Gasteiger partial charge in [0.05, 0.1) is 0 Å². The quantitative estimate of drug-likeness (QED) is 0.231. The van der Waals surface area contributed by atoms with Gasteiger partial charge in [-0.15, -0.1) is 0 Å². The van der Waals surface area contributed by atoms with E-state index in [9.17, 15) is 0 Å². The molecule has 0 rings (SSSR count). The van der Waals surface area contributed by atoms with Gasteiger partial charge >= 0.3 is 17.1 Å². The standard InChI is InChI=1S/Fe.3N3/c;3*1-3-2/q+3;3*-1. The van der Waals surface area contributed by atoms with Crippen molar-refractivity contribution in [2.45, 2.75) is 0 Å². The van der Waals surface area contributed by atoms with E-state index >= 15 is 0 Å². The van der Waals surface area contributed by atoms with Gasteiger partial charge in [-0.2, -0.15) is 0 Å². The summed E-state index contributed by atoms with van der Waals surface area (Å²) >= 11 is 0. The van der Waals surface area contributed by atoms with Gasteiger partial charge < -0.3 is 33.2 Å². The Bertz CT molecular complexity index is 96.3. The van der Waals surface area contributed by atoms with Gasteiger partial charge in [0.2, 0.25) is 0 Å². The second-order valence-corrected chi connectivity index (χ2v) is 0.268. The third-order valence-electron chi connectivity index (χ3n) is 0. The predicted molar refractivity (Wildman–Crippen MR) is 30.2 cm³/mol. The van der Waals surface area contributed by atoms with Gasteiger partial charge in [0.1, 0.15) is 0 Å². The minimum Gasteiger partial charge on any atom is -0.373 e. The molecule has 0 bridgehead atoms. The topological polar surface area (TPSA) is 176 Å². The summed E-state index contributed by atoms with van der Waals surface area (Å²) < 4.78 is 0. The molecule has 0 aliphatic carbocycles. The summed E-state index contributed by atoms with van der Waals surface area (Å²) in [7, 11) is 0. The molecule has 0 N–H and O–H groups in total. The molecule has 10 heavy (non-hydrogen) atoms. The molecular formula is FeN9. The summed E-state index contributed by atoms with van der Waals surface area (Å²) in [5.41, 5.74) is 40.5. The van der Waals surface area contributed by atoms with Crippen molar-refractivity contribution in [2.24, 2.45) is 0 Å². The van der Waals surface area contributed by atoms with Crippen LogP contribution in [0.2, 0.25) is 0 Å². The van der Waals surface area contributed by atoms with Crippen molar-refractivity contribution < 1.29 is 17.1 Å². The van der Waals surface area contributed by atoms with Crippen LogP contribution in [0.5, 0.6) is 0 Å². The Balaban J connectivity index is -0.0000000257. The van der Waals surface area contributed by atoms with Crippen LogP contribution in [-0.4, -0.2) is 0 Å². The number of rotatable bonds is 0. The second kappa shape index (κ2) is 147. The molecule has 0 spiro atoms. The maximum atomic E-state index is 6.75. The summed E-state index contributed by atoms with van der Waals surface area (Å²) in [6.45, 7) is 0. The van der Waals surface area contributed by atoms with Crippen molar-refractivity contribution in [1.29, 1.82) is 0 Å². The zero-order chi connectivity index (χ0) is 8.12. The van der Waals surface area contributed by atoms with Crippen molar-refractivity contribution in [3.8, 4) is 0 Å². The van der Waals surface area contributed by atoms with E-state index in [1.54, 1.807) is 0 Å². The maximum absolute atomic E-state index is 6.75. The van der Waals surface area contributed by atoms with Gasteiger partial charge in [0, 0.05) is 0 Å². The minimum absolute atomic E-state index is 0. The normalized spacial score (nSPS) is 2.40. The third kappa shape index (κ3) is 79.7. The van der Waals surface area contributed by atoms with Gasteiger partial charge in [-0.25, -0.2) is 0 Å². The Morgan fingerprint density at radius 2 is 0.500 bits per heavy atom. The summed E-state index contributed by atoms with van der Waals surface area (Å²) in [6, 6.07) is 0. The zero-order valence-corrected chi connectivity index (χ0v) is 5.48. The Labute approximate surface area is 65.8 Å². The van der Waals surface area contributed by atoms with Gasteiger partial charge in [0.15, 0.2) is 0 Å². The molecule has 53 valence electrons. The molecule has 0 atom stereocenters. The van der Waals surface area contributed by atoms with Crippen LogP contribution in [-0.2, 0) is 17.1 Å². The molecule has 0 aliphatic heterocycles. The van der Waals surface area contributed by atoms with E-state index in [1.807, 2.05) is 0 Å². The largest absolute Gasteiger partial charge is 3.00 e. The van der Waals surface area contributed by atoms with Crippen LogP contribution in [0.1, 0.15) is 0 Å². The predicted octanol–water partition coefficient (Wildman–Crippen LogP) is 2.60. The van der Waals surface area contributed by atoms with Crippen LogP contribution in [0.4, 0.5) is 0 Å². The minimum atomic E-state index is 0. The smallest absolute Gasteiger partial charge is 0.373 e. The molecule has 0 aromatic rings. The number of hydrogen-bond donors (Lipinski definition) is 0. The molecule has 0 heterocycles. The maximum Gasteiger partial charge on any atom is 3.00 e. The fraction of sp³-hybridized carbons (Fsp3) is 0. The molecule has 0 aliphatic rings. The Morgan fingerprint density at radius 3 is 0.500 bits per heavy atom. The second-order valence-electron chi connectivity index (χ2n) is 0.268. The van der Waals surface area contributed by atoms with E-state index in [4.69, 9.17) is 33.2 Å². The molecule has 0 amide bonds. The van der Waals surface area contributed by atoms with Crippen LogP contribution in [0, 0.1) is 0 Å². The first-order chi connectivity index (χ1) is 4.24. The van der Waals surface area contributed by atoms with E-state index in [0.29, 0.717) is 0 Å². The first-order valence-electron chi connectivity index (χ1n) is 1.20. The molecule has 10 heteroatoms. The molecule has 1 radical (unpaired) electrons. The fourth-order valence-corrected chi connectivity index (χ4v) is 0. The molecular weight excluding hydrogens is 182 g/mol. The van der Waals surface area contributed by atoms with Crippen LogP contribution < -0.4 is 0 Å². The monoisotopic (exact) mass is 182 g/mol. The summed E-state index contributed by atoms with van der Waals surface area (Å²) in [4.78, 5) is 4.50. The molecule has 0 aromatic heterocycles. The summed E-state index contributed by atoms with van der Waals surface area (Å²) in [5.74, 6) is 0. The Morgan fingerprint density at radius 1 is 0.500 bits per heavy atom. The average Bonchev–Trinajstić information content (AvgIpc) is 1.70. The van der Waals surface area contributed by atoms with Gasteiger partial charge in [-0.1, -0.05) is 0 Å². The zero-order valence-electron chi connectivity index (χ0n) is 4.38. The van der Waals surface area contributed by atoms with E-state index < -0.39 is 0 Å². The first-order valence-corrected chi connectivity index (χ1v) is 1.20. The SMILES string of the molecule is [Fe+3].[N-]=[N+]=[N-].[N-]=[N+]=[N-].[N-]=[N+]=[N-]. The van der Waals surface area contributed by atoms with Crippen LogP contribution in [0.3, 0.4) is 0 Å². The molecule has 0 fully saturated rings. The van der Waals surface area contributed by atoms with Gasteiger partial charge in [-0.3, -0.25) is 14.7 Å². The van der Waals surface area contributed by atoms with Gasteiger partial charge in [-0.05, 0) is 0 Å². The fourth-order valence-electron chi connectivity index (χ4n) is 0. The molecule has 0 saturated heterocycles.